The highest BCUT2D eigenvalue weighted by Gasteiger charge is 2.20. The summed E-state index contributed by atoms with van der Waals surface area (Å²) in [6.07, 6.45) is 2.57. The van der Waals surface area contributed by atoms with Crippen LogP contribution in [0.1, 0.15) is 24.2 Å². The Balaban J connectivity index is 2.18. The van der Waals surface area contributed by atoms with Gasteiger partial charge in [0.15, 0.2) is 0 Å². The molecular formula is C9H14N2O2. The summed E-state index contributed by atoms with van der Waals surface area (Å²) < 4.78 is 12.9. The number of aryl methyl sites for hydroxylation is 1. The van der Waals surface area contributed by atoms with Gasteiger partial charge in [-0.2, -0.15) is 0 Å². The van der Waals surface area contributed by atoms with Crippen LogP contribution < -0.4 is 0 Å². The van der Waals surface area contributed by atoms with Crippen LogP contribution in [0.5, 0.6) is 0 Å². The molecule has 0 aliphatic carbocycles. The maximum absolute atomic E-state index is 5.48. The molecule has 1 aromatic heterocycles. The third kappa shape index (κ3) is 1.59. The third-order valence-corrected chi connectivity index (χ3v) is 2.32. The van der Waals surface area contributed by atoms with E-state index in [1.807, 2.05) is 24.7 Å². The van der Waals surface area contributed by atoms with Gasteiger partial charge in [-0.1, -0.05) is 0 Å². The Morgan fingerprint density at radius 2 is 2.15 bits per heavy atom. The highest BCUT2D eigenvalue weighted by atomic mass is 16.7. The van der Waals surface area contributed by atoms with Gasteiger partial charge in [-0.25, -0.2) is 4.98 Å². The molecule has 0 amide bonds. The van der Waals surface area contributed by atoms with E-state index in [2.05, 4.69) is 4.98 Å². The van der Waals surface area contributed by atoms with E-state index in [9.17, 15) is 0 Å². The monoisotopic (exact) mass is 182 g/mol. The molecule has 2 heterocycles. The fourth-order valence-corrected chi connectivity index (χ4v) is 1.40. The van der Waals surface area contributed by atoms with Gasteiger partial charge in [0.05, 0.1) is 25.1 Å². The maximum Gasteiger partial charge on any atom is 0.200 e. The first-order valence-corrected chi connectivity index (χ1v) is 4.50. The highest BCUT2D eigenvalue weighted by molar-refractivity contribution is 5.05. The van der Waals surface area contributed by atoms with Gasteiger partial charge in [0.25, 0.3) is 0 Å². The molecule has 13 heavy (non-hydrogen) atoms. The molecule has 1 saturated heterocycles. The molecule has 2 rings (SSSR count). The van der Waals surface area contributed by atoms with Crippen LogP contribution in [-0.4, -0.2) is 22.8 Å². The largest absolute Gasteiger partial charge is 0.347 e. The summed E-state index contributed by atoms with van der Waals surface area (Å²) in [5, 5.41) is 0. The zero-order valence-electron chi connectivity index (χ0n) is 7.99. The second kappa shape index (κ2) is 3.47. The van der Waals surface area contributed by atoms with Gasteiger partial charge in [0.2, 0.25) is 6.29 Å². The molecule has 4 nitrogen and oxygen atoms in total. The maximum atomic E-state index is 5.48. The molecule has 0 N–H and O–H groups in total. The number of aromatic nitrogens is 2. The minimum atomic E-state index is -0.222. The van der Waals surface area contributed by atoms with Crippen molar-refractivity contribution < 1.29 is 9.47 Å². The van der Waals surface area contributed by atoms with Crippen LogP contribution in [-0.2, 0) is 16.5 Å². The summed E-state index contributed by atoms with van der Waals surface area (Å²) in [6, 6.07) is 0. The minimum absolute atomic E-state index is 0.222. The van der Waals surface area contributed by atoms with Gasteiger partial charge in [-0.3, -0.25) is 0 Å². The zero-order chi connectivity index (χ0) is 9.26. The van der Waals surface area contributed by atoms with Crippen LogP contribution in [0.2, 0.25) is 0 Å². The fraction of sp³-hybridized carbons (Fsp3) is 0.667. The lowest BCUT2D eigenvalue weighted by atomic mass is 10.4. The van der Waals surface area contributed by atoms with Crippen molar-refractivity contribution in [3.05, 3.63) is 17.7 Å². The summed E-state index contributed by atoms with van der Waals surface area (Å²) >= 11 is 0. The molecule has 1 aliphatic rings. The van der Waals surface area contributed by atoms with E-state index in [1.165, 1.54) is 0 Å². The molecular weight excluding hydrogens is 168 g/mol. The van der Waals surface area contributed by atoms with E-state index in [0.717, 1.165) is 31.2 Å². The van der Waals surface area contributed by atoms with Crippen LogP contribution in [0.15, 0.2) is 6.20 Å². The predicted molar refractivity (Wildman–Crippen MR) is 47.2 cm³/mol. The van der Waals surface area contributed by atoms with Gasteiger partial charge in [-0.15, -0.1) is 0 Å². The fourth-order valence-electron chi connectivity index (χ4n) is 1.40. The molecule has 1 fully saturated rings. The minimum Gasteiger partial charge on any atom is -0.347 e. The average molecular weight is 182 g/mol. The molecule has 72 valence electrons. The van der Waals surface area contributed by atoms with E-state index in [0.29, 0.717) is 0 Å². The van der Waals surface area contributed by atoms with Crippen molar-refractivity contribution in [2.45, 2.75) is 19.6 Å². The Kier molecular flexibility index (Phi) is 2.33. The molecule has 0 radical (unpaired) electrons. The lowest BCUT2D eigenvalue weighted by molar-refractivity contribution is -0.186. The van der Waals surface area contributed by atoms with E-state index in [4.69, 9.17) is 9.47 Å². The lowest BCUT2D eigenvalue weighted by Crippen LogP contribution is -2.19. The van der Waals surface area contributed by atoms with Gasteiger partial charge in [0.1, 0.15) is 5.82 Å². The van der Waals surface area contributed by atoms with E-state index < -0.39 is 0 Å². The Labute approximate surface area is 77.5 Å². The van der Waals surface area contributed by atoms with Crippen LogP contribution in [0.3, 0.4) is 0 Å². The topological polar surface area (TPSA) is 36.3 Å². The second-order valence-electron chi connectivity index (χ2n) is 3.22. The molecule has 1 aliphatic heterocycles. The van der Waals surface area contributed by atoms with Crippen LogP contribution in [0, 0.1) is 6.92 Å². The number of hydrogen-bond donors (Lipinski definition) is 0. The SMILES string of the molecule is Cc1ncc(C2OCCCO2)n1C. The second-order valence-corrected chi connectivity index (χ2v) is 3.22. The first-order valence-electron chi connectivity index (χ1n) is 4.50. The van der Waals surface area contributed by atoms with Crippen LogP contribution in [0.4, 0.5) is 0 Å². The Morgan fingerprint density at radius 1 is 1.46 bits per heavy atom. The normalized spacial score (nSPS) is 19.2. The third-order valence-electron chi connectivity index (χ3n) is 2.32. The van der Waals surface area contributed by atoms with Crippen molar-refractivity contribution in [2.75, 3.05) is 13.2 Å². The molecule has 0 unspecified atom stereocenters. The lowest BCUT2D eigenvalue weighted by Gasteiger charge is -2.23. The number of rotatable bonds is 1. The molecule has 0 atom stereocenters. The summed E-state index contributed by atoms with van der Waals surface area (Å²) in [6.45, 7) is 3.51. The molecule has 0 bridgehead atoms. The Hall–Kier alpha value is -0.870. The average Bonchev–Trinajstić information content (AvgIpc) is 2.49. The predicted octanol–water partition coefficient (Wildman–Crippen LogP) is 1.16. The Morgan fingerprint density at radius 3 is 2.69 bits per heavy atom. The zero-order valence-corrected chi connectivity index (χ0v) is 7.99. The van der Waals surface area contributed by atoms with Gasteiger partial charge in [-0.05, 0) is 13.3 Å². The van der Waals surface area contributed by atoms with Crippen molar-refractivity contribution in [3.8, 4) is 0 Å². The molecule has 0 spiro atoms. The molecule has 0 saturated carbocycles. The van der Waals surface area contributed by atoms with Crippen LogP contribution in [0.25, 0.3) is 0 Å². The molecule has 0 aromatic carbocycles. The summed E-state index contributed by atoms with van der Waals surface area (Å²) in [5.41, 5.74) is 0.997. The number of nitrogens with zero attached hydrogens (tertiary/aromatic N) is 2. The molecule has 1 aromatic rings. The van der Waals surface area contributed by atoms with Gasteiger partial charge >= 0.3 is 0 Å². The van der Waals surface area contributed by atoms with E-state index >= 15 is 0 Å². The summed E-state index contributed by atoms with van der Waals surface area (Å²) in [7, 11) is 1.97. The van der Waals surface area contributed by atoms with E-state index in [1.54, 1.807) is 0 Å². The van der Waals surface area contributed by atoms with Crippen molar-refractivity contribution in [1.29, 1.82) is 0 Å². The number of ether oxygens (including phenoxy) is 2. The van der Waals surface area contributed by atoms with Gasteiger partial charge < -0.3 is 14.0 Å². The number of hydrogen-bond acceptors (Lipinski definition) is 3. The smallest absolute Gasteiger partial charge is 0.200 e. The molecule has 4 heteroatoms. The standard InChI is InChI=1S/C9H14N2O2/c1-7-10-6-8(11(7)2)9-12-4-3-5-13-9/h6,9H,3-5H2,1-2H3. The van der Waals surface area contributed by atoms with Crippen molar-refractivity contribution >= 4 is 0 Å². The number of imidazole rings is 1. The highest BCUT2D eigenvalue weighted by Crippen LogP contribution is 2.22. The quantitative estimate of drug-likeness (QED) is 0.654. The first-order chi connectivity index (χ1) is 6.29. The first kappa shape index (κ1) is 8.72. The Bertz CT molecular complexity index is 290. The van der Waals surface area contributed by atoms with Crippen molar-refractivity contribution in [3.63, 3.8) is 0 Å². The van der Waals surface area contributed by atoms with Gasteiger partial charge in [0, 0.05) is 7.05 Å². The van der Waals surface area contributed by atoms with Crippen molar-refractivity contribution in [1.82, 2.24) is 9.55 Å². The van der Waals surface area contributed by atoms with Crippen molar-refractivity contribution in [2.24, 2.45) is 7.05 Å². The summed E-state index contributed by atoms with van der Waals surface area (Å²) in [4.78, 5) is 4.19. The van der Waals surface area contributed by atoms with E-state index in [-0.39, 0.29) is 6.29 Å². The van der Waals surface area contributed by atoms with Crippen LogP contribution >= 0.6 is 0 Å². The summed E-state index contributed by atoms with van der Waals surface area (Å²) in [5.74, 6) is 0.979.